The molecule has 2 aromatic heterocycles. The molecule has 0 aliphatic rings. The molecule has 0 atom stereocenters. The molecule has 2 aromatic rings. The van der Waals surface area contributed by atoms with Gasteiger partial charge in [0.05, 0.1) is 0 Å². The summed E-state index contributed by atoms with van der Waals surface area (Å²) >= 11 is 1.62. The van der Waals surface area contributed by atoms with Gasteiger partial charge in [-0.05, 0) is 6.07 Å². The molecule has 0 bridgehead atoms. The Morgan fingerprint density at radius 2 is 2.45 bits per heavy atom. The smallest absolute Gasteiger partial charge is 0.0492 e. The van der Waals surface area contributed by atoms with Crippen molar-refractivity contribution in [1.82, 2.24) is 9.78 Å². The van der Waals surface area contributed by atoms with E-state index in [4.69, 9.17) is 0 Å². The molecule has 0 saturated carbocycles. The van der Waals surface area contributed by atoms with E-state index in [0.29, 0.717) is 0 Å². The van der Waals surface area contributed by atoms with Crippen molar-refractivity contribution < 1.29 is 21.1 Å². The average molecular weight is 344 g/mol. The molecule has 0 saturated heterocycles. The third kappa shape index (κ3) is 1.79. The Labute approximate surface area is 83.1 Å². The third-order valence-corrected chi connectivity index (χ3v) is 1.82. The monoisotopic (exact) mass is 344 g/mol. The van der Waals surface area contributed by atoms with Crippen LogP contribution in [0.25, 0.3) is 5.69 Å². The molecular weight excluding hydrogens is 339 g/mol. The molecule has 4 heteroatoms. The number of rotatable bonds is 1. The van der Waals surface area contributed by atoms with Crippen LogP contribution in [-0.2, 0) is 21.1 Å². The molecule has 0 spiro atoms. The van der Waals surface area contributed by atoms with Crippen LogP contribution in [0.4, 0.5) is 0 Å². The first-order chi connectivity index (χ1) is 4.97. The predicted molar refractivity (Wildman–Crippen MR) is 40.3 cm³/mol. The van der Waals surface area contributed by atoms with Gasteiger partial charge in [0.1, 0.15) is 0 Å². The summed E-state index contributed by atoms with van der Waals surface area (Å²) in [5.41, 5.74) is 1.01. The van der Waals surface area contributed by atoms with Crippen LogP contribution >= 0.6 is 11.3 Å². The van der Waals surface area contributed by atoms with E-state index >= 15 is 0 Å². The van der Waals surface area contributed by atoms with E-state index in [2.05, 4.69) is 11.2 Å². The van der Waals surface area contributed by atoms with Crippen molar-refractivity contribution >= 4 is 11.3 Å². The molecule has 2 nitrogen and oxygen atoms in total. The van der Waals surface area contributed by atoms with Gasteiger partial charge in [0.25, 0.3) is 0 Å². The molecule has 0 aliphatic carbocycles. The van der Waals surface area contributed by atoms with Gasteiger partial charge in [-0.1, -0.05) is 5.69 Å². The van der Waals surface area contributed by atoms with Crippen LogP contribution in [-0.4, -0.2) is 9.78 Å². The molecule has 11 heavy (non-hydrogen) atoms. The van der Waals surface area contributed by atoms with Gasteiger partial charge in [0.15, 0.2) is 0 Å². The van der Waals surface area contributed by atoms with Gasteiger partial charge in [-0.2, -0.15) is 5.10 Å². The quantitative estimate of drug-likeness (QED) is 0.721. The predicted octanol–water partition coefficient (Wildman–Crippen LogP) is 1.73. The molecule has 0 unspecified atom stereocenters. The van der Waals surface area contributed by atoms with Crippen molar-refractivity contribution in [3.8, 4) is 5.69 Å². The first-order valence-corrected chi connectivity index (χ1v) is 3.85. The summed E-state index contributed by atoms with van der Waals surface area (Å²) in [6.07, 6.45) is 3.66. The van der Waals surface area contributed by atoms with Gasteiger partial charge in [0.2, 0.25) is 0 Å². The van der Waals surface area contributed by atoms with Crippen molar-refractivity contribution in [2.45, 2.75) is 0 Å². The minimum atomic E-state index is 0. The molecule has 60 valence electrons. The van der Waals surface area contributed by atoms with Gasteiger partial charge >= 0.3 is 0 Å². The van der Waals surface area contributed by atoms with E-state index in [1.807, 2.05) is 23.0 Å². The molecule has 0 radical (unpaired) electrons. The topological polar surface area (TPSA) is 17.8 Å². The van der Waals surface area contributed by atoms with Crippen LogP contribution < -0.4 is 0 Å². The zero-order chi connectivity index (χ0) is 6.81. The summed E-state index contributed by atoms with van der Waals surface area (Å²) in [4.78, 5) is 0. The van der Waals surface area contributed by atoms with E-state index < -0.39 is 0 Å². The molecule has 2 rings (SSSR count). The zero-order valence-electron chi connectivity index (χ0n) is 5.51. The Bertz CT molecular complexity index is 256. The SMILES string of the molecule is [Pt].[c-]1cscc1-n1cccn1. The minimum absolute atomic E-state index is 0. The minimum Gasteiger partial charge on any atom is -0.276 e. The molecule has 2 heterocycles. The summed E-state index contributed by atoms with van der Waals surface area (Å²) in [6, 6.07) is 4.95. The van der Waals surface area contributed by atoms with Crippen LogP contribution in [0, 0.1) is 6.07 Å². The molecular formula is C7H5N2PtS-. The van der Waals surface area contributed by atoms with Crippen LogP contribution in [0.2, 0.25) is 0 Å². The number of hydrogen-bond acceptors (Lipinski definition) is 2. The fourth-order valence-electron chi connectivity index (χ4n) is 0.758. The van der Waals surface area contributed by atoms with Gasteiger partial charge in [-0.15, -0.1) is 10.8 Å². The Hall–Kier alpha value is -0.402. The van der Waals surface area contributed by atoms with Gasteiger partial charge < -0.3 is 0 Å². The standard InChI is InChI=1S/C7H5N2S.Pt/c1-3-8-9(4-1)7-2-5-10-6-7;/h1,3-6H;/q-1;. The third-order valence-electron chi connectivity index (χ3n) is 1.21. The van der Waals surface area contributed by atoms with Crippen molar-refractivity contribution in [2.24, 2.45) is 0 Å². The Morgan fingerprint density at radius 1 is 1.55 bits per heavy atom. The van der Waals surface area contributed by atoms with Crippen molar-refractivity contribution in [2.75, 3.05) is 0 Å². The van der Waals surface area contributed by atoms with Crippen molar-refractivity contribution in [1.29, 1.82) is 0 Å². The van der Waals surface area contributed by atoms with Crippen LogP contribution in [0.1, 0.15) is 0 Å². The van der Waals surface area contributed by atoms with Crippen LogP contribution in [0.3, 0.4) is 0 Å². The second-order valence-corrected chi connectivity index (χ2v) is 2.60. The zero-order valence-corrected chi connectivity index (χ0v) is 8.59. The van der Waals surface area contributed by atoms with Crippen molar-refractivity contribution in [3.63, 3.8) is 0 Å². The summed E-state index contributed by atoms with van der Waals surface area (Å²) in [5, 5.41) is 7.97. The summed E-state index contributed by atoms with van der Waals surface area (Å²) < 4.78 is 1.79. The summed E-state index contributed by atoms with van der Waals surface area (Å²) in [7, 11) is 0. The molecule has 0 amide bonds. The number of thiophene rings is 1. The maximum absolute atomic E-state index is 4.05. The maximum atomic E-state index is 4.05. The van der Waals surface area contributed by atoms with Gasteiger partial charge in [-0.25, -0.2) is 6.07 Å². The first kappa shape index (κ1) is 8.69. The van der Waals surface area contributed by atoms with Crippen LogP contribution in [0.15, 0.2) is 29.2 Å². The Balaban J connectivity index is 0.000000605. The first-order valence-electron chi connectivity index (χ1n) is 2.91. The summed E-state index contributed by atoms with van der Waals surface area (Å²) in [5.74, 6) is 0. The average Bonchev–Trinajstić information content (AvgIpc) is 2.59. The second-order valence-electron chi connectivity index (χ2n) is 1.85. The molecule has 0 fully saturated rings. The van der Waals surface area contributed by atoms with E-state index in [1.165, 1.54) is 0 Å². The molecule has 0 N–H and O–H groups in total. The van der Waals surface area contributed by atoms with E-state index in [0.717, 1.165) is 5.69 Å². The summed E-state index contributed by atoms with van der Waals surface area (Å²) in [6.45, 7) is 0. The Morgan fingerprint density at radius 3 is 3.00 bits per heavy atom. The maximum Gasteiger partial charge on any atom is 0.0492 e. The van der Waals surface area contributed by atoms with E-state index in [1.54, 1.807) is 22.2 Å². The second kappa shape index (κ2) is 3.84. The largest absolute Gasteiger partial charge is 0.276 e. The number of aromatic nitrogens is 2. The normalized spacial score (nSPS) is 9.09. The van der Waals surface area contributed by atoms with Gasteiger partial charge in [0, 0.05) is 33.5 Å². The number of hydrogen-bond donors (Lipinski definition) is 0. The van der Waals surface area contributed by atoms with E-state index in [-0.39, 0.29) is 21.1 Å². The van der Waals surface area contributed by atoms with Crippen molar-refractivity contribution in [3.05, 3.63) is 35.3 Å². The van der Waals surface area contributed by atoms with Crippen LogP contribution in [0.5, 0.6) is 0 Å². The Kier molecular flexibility index (Phi) is 3.03. The fourth-order valence-corrected chi connectivity index (χ4v) is 1.32. The molecule has 0 aliphatic heterocycles. The number of nitrogens with zero attached hydrogens (tertiary/aromatic N) is 2. The van der Waals surface area contributed by atoms with E-state index in [9.17, 15) is 0 Å². The van der Waals surface area contributed by atoms with Gasteiger partial charge in [-0.3, -0.25) is 16.0 Å². The fraction of sp³-hybridized carbons (Fsp3) is 0. The molecule has 0 aromatic carbocycles.